The summed E-state index contributed by atoms with van der Waals surface area (Å²) in [5.41, 5.74) is 2.84. The molecular formula is C21H28N6OS. The first-order valence-electron chi connectivity index (χ1n) is 9.86. The van der Waals surface area contributed by atoms with Gasteiger partial charge >= 0.3 is 0 Å². The maximum absolute atomic E-state index is 5.50. The zero-order valence-corrected chi connectivity index (χ0v) is 18.0. The van der Waals surface area contributed by atoms with Crippen LogP contribution in [0.15, 0.2) is 35.3 Å². The van der Waals surface area contributed by atoms with E-state index in [-0.39, 0.29) is 0 Å². The fraction of sp³-hybridized carbons (Fsp3) is 0.429. The molecule has 0 aliphatic heterocycles. The Morgan fingerprint density at radius 1 is 1.14 bits per heavy atom. The number of hydrogen-bond donors (Lipinski definition) is 3. The molecule has 0 bridgehead atoms. The number of anilines is 1. The Hall–Kier alpha value is -2.74. The minimum atomic E-state index is 0.426. The van der Waals surface area contributed by atoms with E-state index in [1.807, 2.05) is 44.2 Å². The summed E-state index contributed by atoms with van der Waals surface area (Å²) in [5, 5.41) is 10.3. The first kappa shape index (κ1) is 21.0. The Balaban J connectivity index is 1.72. The number of aliphatic imine (C=N–C) groups is 1. The SMILES string of the molecule is COc1ccc(CN=C(NC(=S)NC2CCCC2)Nc2nc(C)cc(C)n2)cc1. The monoisotopic (exact) mass is 412 g/mol. The maximum Gasteiger partial charge on any atom is 0.229 e. The number of nitrogens with one attached hydrogen (secondary N) is 3. The number of ether oxygens (including phenoxy) is 1. The van der Waals surface area contributed by atoms with Crippen LogP contribution in [0.1, 0.15) is 42.6 Å². The third kappa shape index (κ3) is 6.67. The largest absolute Gasteiger partial charge is 0.497 e. The van der Waals surface area contributed by atoms with Gasteiger partial charge in [0.1, 0.15) is 5.75 Å². The van der Waals surface area contributed by atoms with E-state index >= 15 is 0 Å². The van der Waals surface area contributed by atoms with Gasteiger partial charge in [-0.3, -0.25) is 5.32 Å². The zero-order chi connectivity index (χ0) is 20.6. The van der Waals surface area contributed by atoms with Crippen molar-refractivity contribution in [1.29, 1.82) is 0 Å². The number of aromatic nitrogens is 2. The highest BCUT2D eigenvalue weighted by Gasteiger charge is 2.16. The van der Waals surface area contributed by atoms with Gasteiger partial charge in [0.05, 0.1) is 13.7 Å². The highest BCUT2D eigenvalue weighted by molar-refractivity contribution is 7.80. The second-order valence-corrected chi connectivity index (χ2v) is 7.60. The van der Waals surface area contributed by atoms with Crippen molar-refractivity contribution >= 4 is 29.2 Å². The van der Waals surface area contributed by atoms with E-state index in [1.165, 1.54) is 12.8 Å². The first-order chi connectivity index (χ1) is 14.0. The van der Waals surface area contributed by atoms with Crippen LogP contribution in [-0.4, -0.2) is 34.2 Å². The van der Waals surface area contributed by atoms with Crippen LogP contribution in [0.5, 0.6) is 5.75 Å². The van der Waals surface area contributed by atoms with Crippen LogP contribution in [0.2, 0.25) is 0 Å². The standard InChI is InChI=1S/C21H28N6OS/c1-14-12-15(2)24-20(23-14)26-19(27-21(29)25-17-6-4-5-7-17)22-13-16-8-10-18(28-3)11-9-16/h8-12,17H,4-7,13H2,1-3H3,(H3,22,23,24,25,26,27,29). The highest BCUT2D eigenvalue weighted by Crippen LogP contribution is 2.17. The summed E-state index contributed by atoms with van der Waals surface area (Å²) in [4.78, 5) is 13.5. The van der Waals surface area contributed by atoms with Crippen molar-refractivity contribution in [2.75, 3.05) is 12.4 Å². The lowest BCUT2D eigenvalue weighted by Gasteiger charge is -2.17. The first-order valence-corrected chi connectivity index (χ1v) is 10.3. The number of rotatable bonds is 5. The van der Waals surface area contributed by atoms with E-state index in [0.717, 1.165) is 35.5 Å². The Bertz CT molecular complexity index is 842. The van der Waals surface area contributed by atoms with E-state index in [1.54, 1.807) is 7.11 Å². The van der Waals surface area contributed by atoms with E-state index < -0.39 is 0 Å². The van der Waals surface area contributed by atoms with Crippen molar-refractivity contribution in [2.45, 2.75) is 52.1 Å². The lowest BCUT2D eigenvalue weighted by molar-refractivity contribution is 0.414. The zero-order valence-electron chi connectivity index (χ0n) is 17.2. The number of thiocarbonyl (C=S) groups is 1. The Morgan fingerprint density at radius 2 is 1.79 bits per heavy atom. The molecule has 1 saturated carbocycles. The molecule has 0 amide bonds. The van der Waals surface area contributed by atoms with Crippen LogP contribution >= 0.6 is 12.2 Å². The summed E-state index contributed by atoms with van der Waals surface area (Å²) in [6, 6.07) is 10.2. The van der Waals surface area contributed by atoms with Crippen LogP contribution in [0.3, 0.4) is 0 Å². The smallest absolute Gasteiger partial charge is 0.229 e. The molecule has 1 heterocycles. The van der Waals surface area contributed by atoms with Crippen LogP contribution in [0, 0.1) is 13.8 Å². The summed E-state index contributed by atoms with van der Waals surface area (Å²) in [5.74, 6) is 1.83. The normalized spacial score (nSPS) is 14.5. The van der Waals surface area contributed by atoms with Gasteiger partial charge in [-0.2, -0.15) is 0 Å². The quantitative estimate of drug-likeness (QED) is 0.394. The number of nitrogens with zero attached hydrogens (tertiary/aromatic N) is 3. The lowest BCUT2D eigenvalue weighted by atomic mass is 10.2. The van der Waals surface area contributed by atoms with Gasteiger partial charge in [-0.05, 0) is 62.7 Å². The third-order valence-corrected chi connectivity index (χ3v) is 4.93. The third-order valence-electron chi connectivity index (χ3n) is 4.71. The molecule has 0 spiro atoms. The molecule has 0 radical (unpaired) electrons. The predicted molar refractivity (Wildman–Crippen MR) is 120 cm³/mol. The molecule has 1 fully saturated rings. The Labute approximate surface area is 177 Å². The molecule has 1 aliphatic rings. The van der Waals surface area contributed by atoms with E-state index in [9.17, 15) is 0 Å². The fourth-order valence-corrected chi connectivity index (χ4v) is 3.56. The molecule has 154 valence electrons. The second-order valence-electron chi connectivity index (χ2n) is 7.19. The van der Waals surface area contributed by atoms with Crippen LogP contribution in [0.4, 0.5) is 5.95 Å². The van der Waals surface area contributed by atoms with Crippen molar-refractivity contribution in [3.8, 4) is 5.75 Å². The van der Waals surface area contributed by atoms with Gasteiger partial charge in [0.2, 0.25) is 11.9 Å². The van der Waals surface area contributed by atoms with Gasteiger partial charge in [0.25, 0.3) is 0 Å². The van der Waals surface area contributed by atoms with Gasteiger partial charge in [-0.15, -0.1) is 0 Å². The molecule has 0 atom stereocenters. The summed E-state index contributed by atoms with van der Waals surface area (Å²) < 4.78 is 5.21. The minimum absolute atomic E-state index is 0.426. The Morgan fingerprint density at radius 3 is 2.41 bits per heavy atom. The van der Waals surface area contributed by atoms with E-state index in [2.05, 4.69) is 30.9 Å². The Kier molecular flexibility index (Phi) is 7.35. The minimum Gasteiger partial charge on any atom is -0.497 e. The van der Waals surface area contributed by atoms with E-state index in [0.29, 0.717) is 29.6 Å². The molecule has 0 unspecified atom stereocenters. The van der Waals surface area contributed by atoms with Gasteiger partial charge in [0, 0.05) is 17.4 Å². The highest BCUT2D eigenvalue weighted by atomic mass is 32.1. The molecule has 3 N–H and O–H groups in total. The molecule has 1 aromatic carbocycles. The number of aryl methyl sites for hydroxylation is 2. The molecular weight excluding hydrogens is 384 g/mol. The molecule has 0 saturated heterocycles. The fourth-order valence-electron chi connectivity index (χ4n) is 3.30. The second kappa shape index (κ2) is 10.2. The number of guanidine groups is 1. The topological polar surface area (TPSA) is 83.5 Å². The number of methoxy groups -OCH3 is 1. The van der Waals surface area contributed by atoms with Crippen molar-refractivity contribution in [1.82, 2.24) is 20.6 Å². The van der Waals surface area contributed by atoms with Gasteiger partial charge in [-0.25, -0.2) is 15.0 Å². The van der Waals surface area contributed by atoms with Gasteiger partial charge in [0.15, 0.2) is 5.11 Å². The van der Waals surface area contributed by atoms with Crippen molar-refractivity contribution in [2.24, 2.45) is 4.99 Å². The summed E-state index contributed by atoms with van der Waals surface area (Å²) >= 11 is 5.50. The molecule has 8 heteroatoms. The summed E-state index contributed by atoms with van der Waals surface area (Å²) in [6.45, 7) is 4.36. The average molecular weight is 413 g/mol. The average Bonchev–Trinajstić information content (AvgIpc) is 3.18. The van der Waals surface area contributed by atoms with Crippen molar-refractivity contribution in [3.05, 3.63) is 47.3 Å². The molecule has 1 aliphatic carbocycles. The molecule has 29 heavy (non-hydrogen) atoms. The molecule has 1 aromatic heterocycles. The van der Waals surface area contributed by atoms with Crippen molar-refractivity contribution < 1.29 is 4.74 Å². The molecule has 7 nitrogen and oxygen atoms in total. The summed E-state index contributed by atoms with van der Waals surface area (Å²) in [6.07, 6.45) is 4.78. The maximum atomic E-state index is 5.50. The van der Waals surface area contributed by atoms with Crippen LogP contribution in [-0.2, 0) is 6.54 Å². The van der Waals surface area contributed by atoms with E-state index in [4.69, 9.17) is 17.0 Å². The number of hydrogen-bond acceptors (Lipinski definition) is 5. The van der Waals surface area contributed by atoms with Crippen LogP contribution < -0.4 is 20.7 Å². The molecule has 2 aromatic rings. The summed E-state index contributed by atoms with van der Waals surface area (Å²) in [7, 11) is 1.65. The van der Waals surface area contributed by atoms with Gasteiger partial charge in [-0.1, -0.05) is 25.0 Å². The van der Waals surface area contributed by atoms with Gasteiger partial charge < -0.3 is 15.4 Å². The van der Waals surface area contributed by atoms with Crippen LogP contribution in [0.25, 0.3) is 0 Å². The molecule has 3 rings (SSSR count). The predicted octanol–water partition coefficient (Wildman–Crippen LogP) is 3.48. The van der Waals surface area contributed by atoms with Crippen molar-refractivity contribution in [3.63, 3.8) is 0 Å². The number of benzene rings is 1. The lowest BCUT2D eigenvalue weighted by Crippen LogP contribution is -2.46.